The van der Waals surface area contributed by atoms with Crippen molar-refractivity contribution < 1.29 is 14.3 Å². The van der Waals surface area contributed by atoms with Crippen molar-refractivity contribution in [2.24, 2.45) is 0 Å². The fraction of sp³-hybridized carbons (Fsp3) is 0.130. The largest absolute Gasteiger partial charge is 0.447 e. The fourth-order valence-corrected chi connectivity index (χ4v) is 4.55. The first-order valence-electron chi connectivity index (χ1n) is 9.84. The summed E-state index contributed by atoms with van der Waals surface area (Å²) < 4.78 is 6.31. The molecule has 3 amide bonds. The zero-order valence-electron chi connectivity index (χ0n) is 17.5. The normalized spacial score (nSPS) is 11.4. The highest BCUT2D eigenvalue weighted by molar-refractivity contribution is 7.17. The summed E-state index contributed by atoms with van der Waals surface area (Å²) in [5.41, 5.74) is 5.65. The molecule has 0 aliphatic carbocycles. The van der Waals surface area contributed by atoms with E-state index in [1.807, 2.05) is 48.0 Å². The number of nitrogens with zero attached hydrogens (tertiary/aromatic N) is 2. The second-order valence-corrected chi connectivity index (χ2v) is 8.52. The third-order valence-electron chi connectivity index (χ3n) is 4.74. The molecule has 10 heteroatoms. The molecular formula is C23H19N5O3S2. The van der Waals surface area contributed by atoms with E-state index < -0.39 is 18.2 Å². The highest BCUT2D eigenvalue weighted by Gasteiger charge is 2.18. The van der Waals surface area contributed by atoms with Gasteiger partial charge in [-0.15, -0.1) is 29.1 Å². The van der Waals surface area contributed by atoms with E-state index in [0.717, 1.165) is 26.9 Å². The zero-order valence-corrected chi connectivity index (χ0v) is 19.1. The Morgan fingerprint density at radius 3 is 2.73 bits per heavy atom. The molecule has 0 aliphatic rings. The number of aromatic nitrogens is 2. The maximum absolute atomic E-state index is 12.5. The van der Waals surface area contributed by atoms with Gasteiger partial charge in [0.05, 0.1) is 21.8 Å². The van der Waals surface area contributed by atoms with Crippen molar-refractivity contribution in [2.75, 3.05) is 19.0 Å². The molecule has 8 nitrogen and oxygen atoms in total. The Morgan fingerprint density at radius 2 is 2.00 bits per heavy atom. The summed E-state index contributed by atoms with van der Waals surface area (Å²) in [4.78, 5) is 32.6. The Hall–Kier alpha value is -3.94. The van der Waals surface area contributed by atoms with Crippen molar-refractivity contribution in [3.63, 3.8) is 0 Å². The molecule has 0 saturated heterocycles. The number of terminal acetylenes is 1. The van der Waals surface area contributed by atoms with Gasteiger partial charge < -0.3 is 15.4 Å². The van der Waals surface area contributed by atoms with Crippen LogP contribution in [-0.2, 0) is 4.74 Å². The van der Waals surface area contributed by atoms with Crippen LogP contribution in [0.1, 0.15) is 16.6 Å². The standard InChI is InChI=1S/C23H19N5O3S2/c1-3-20-27-19(12-32-20)28-22(29)26-18(11-31-23(30)24-2)15-9-7-14(8-10-15)16-5-4-6-17-21(16)33-13-25-17/h1,4-10,12-13,18H,11H2,2H3,(H,24,30)(H2,26,28,29). The molecule has 0 spiro atoms. The van der Waals surface area contributed by atoms with E-state index in [0.29, 0.717) is 10.8 Å². The monoisotopic (exact) mass is 477 g/mol. The predicted molar refractivity (Wildman–Crippen MR) is 130 cm³/mol. The molecular weight excluding hydrogens is 458 g/mol. The lowest BCUT2D eigenvalue weighted by molar-refractivity contribution is 0.136. The van der Waals surface area contributed by atoms with Gasteiger partial charge in [-0.1, -0.05) is 36.4 Å². The van der Waals surface area contributed by atoms with Gasteiger partial charge in [-0.3, -0.25) is 5.32 Å². The average molecular weight is 478 g/mol. The number of carbonyl (C=O) groups is 2. The van der Waals surface area contributed by atoms with Crippen molar-refractivity contribution in [1.82, 2.24) is 20.6 Å². The lowest BCUT2D eigenvalue weighted by atomic mass is 10.0. The highest BCUT2D eigenvalue weighted by atomic mass is 32.1. The number of carbonyl (C=O) groups excluding carboxylic acids is 2. The van der Waals surface area contributed by atoms with Gasteiger partial charge in [-0.05, 0) is 23.1 Å². The first-order valence-corrected chi connectivity index (χ1v) is 11.6. The fourth-order valence-electron chi connectivity index (χ4n) is 3.17. The Kier molecular flexibility index (Phi) is 6.83. The number of hydrogen-bond acceptors (Lipinski definition) is 7. The Morgan fingerprint density at radius 1 is 1.18 bits per heavy atom. The summed E-state index contributed by atoms with van der Waals surface area (Å²) in [6.07, 6.45) is 4.73. The molecule has 0 saturated carbocycles. The van der Waals surface area contributed by atoms with E-state index in [2.05, 4.69) is 31.8 Å². The van der Waals surface area contributed by atoms with E-state index in [4.69, 9.17) is 11.2 Å². The van der Waals surface area contributed by atoms with Crippen molar-refractivity contribution in [3.8, 4) is 23.5 Å². The van der Waals surface area contributed by atoms with Crippen LogP contribution in [0.3, 0.4) is 0 Å². The molecule has 0 aliphatic heterocycles. The number of nitrogens with one attached hydrogen (secondary N) is 3. The number of fused-ring (bicyclic) bond motifs is 1. The van der Waals surface area contributed by atoms with Crippen LogP contribution in [0.5, 0.6) is 0 Å². The van der Waals surface area contributed by atoms with E-state index in [1.165, 1.54) is 18.4 Å². The maximum Gasteiger partial charge on any atom is 0.406 e. The molecule has 2 aromatic heterocycles. The molecule has 4 rings (SSSR count). The second-order valence-electron chi connectivity index (χ2n) is 6.81. The van der Waals surface area contributed by atoms with Crippen molar-refractivity contribution in [3.05, 3.63) is 63.9 Å². The van der Waals surface area contributed by atoms with Crippen LogP contribution in [0.2, 0.25) is 0 Å². The topological polar surface area (TPSA) is 105 Å². The summed E-state index contributed by atoms with van der Waals surface area (Å²) in [7, 11) is 1.47. The van der Waals surface area contributed by atoms with Gasteiger partial charge >= 0.3 is 12.1 Å². The van der Waals surface area contributed by atoms with Gasteiger partial charge in [0.15, 0.2) is 5.01 Å². The molecule has 2 aromatic carbocycles. The number of anilines is 1. The van der Waals surface area contributed by atoms with Gasteiger partial charge in [-0.25, -0.2) is 19.6 Å². The summed E-state index contributed by atoms with van der Waals surface area (Å²) in [6, 6.07) is 12.7. The number of ether oxygens (including phenoxy) is 1. The molecule has 0 bridgehead atoms. The van der Waals surface area contributed by atoms with Crippen LogP contribution in [0.15, 0.2) is 53.4 Å². The number of rotatable bonds is 6. The third-order valence-corrected chi connectivity index (χ3v) is 6.39. The van der Waals surface area contributed by atoms with Crippen LogP contribution in [0, 0.1) is 12.3 Å². The molecule has 0 fully saturated rings. The molecule has 3 N–H and O–H groups in total. The van der Waals surface area contributed by atoms with E-state index in [9.17, 15) is 9.59 Å². The van der Waals surface area contributed by atoms with Crippen molar-refractivity contribution in [1.29, 1.82) is 0 Å². The molecule has 33 heavy (non-hydrogen) atoms. The molecule has 2 heterocycles. The molecule has 4 aromatic rings. The van der Waals surface area contributed by atoms with Gasteiger partial charge in [0.1, 0.15) is 12.4 Å². The smallest absolute Gasteiger partial charge is 0.406 e. The van der Waals surface area contributed by atoms with E-state index >= 15 is 0 Å². The second kappa shape index (κ2) is 10.1. The Bertz CT molecular complexity index is 1320. The van der Waals surface area contributed by atoms with Crippen LogP contribution in [0.4, 0.5) is 15.4 Å². The maximum atomic E-state index is 12.5. The number of alkyl carbamates (subject to hydrolysis) is 1. The summed E-state index contributed by atoms with van der Waals surface area (Å²) in [6.45, 7) is -0.0520. The lowest BCUT2D eigenvalue weighted by Gasteiger charge is -2.19. The minimum absolute atomic E-state index is 0.0520. The van der Waals surface area contributed by atoms with Gasteiger partial charge in [-0.2, -0.15) is 0 Å². The number of urea groups is 1. The first-order chi connectivity index (χ1) is 16.1. The van der Waals surface area contributed by atoms with Gasteiger partial charge in [0.25, 0.3) is 0 Å². The zero-order chi connectivity index (χ0) is 23.2. The minimum atomic E-state index is -0.589. The summed E-state index contributed by atoms with van der Waals surface area (Å²) in [5, 5.41) is 9.99. The number of benzene rings is 2. The Labute approximate surface area is 198 Å². The SMILES string of the molecule is C#Cc1nc(NC(=O)NC(COC(=O)NC)c2ccc(-c3cccc4ncsc34)cc2)cs1. The van der Waals surface area contributed by atoms with Crippen LogP contribution in [0.25, 0.3) is 21.3 Å². The van der Waals surface area contributed by atoms with E-state index in [1.54, 1.807) is 16.7 Å². The highest BCUT2D eigenvalue weighted by Crippen LogP contribution is 2.31. The first kappa shape index (κ1) is 22.3. The predicted octanol–water partition coefficient (Wildman–Crippen LogP) is 4.62. The molecule has 1 unspecified atom stereocenters. The minimum Gasteiger partial charge on any atom is -0.447 e. The molecule has 0 radical (unpaired) electrons. The quantitative estimate of drug-likeness (QED) is 0.352. The summed E-state index contributed by atoms with van der Waals surface area (Å²) >= 11 is 2.84. The van der Waals surface area contributed by atoms with Crippen LogP contribution < -0.4 is 16.0 Å². The lowest BCUT2D eigenvalue weighted by Crippen LogP contribution is -2.36. The van der Waals surface area contributed by atoms with Crippen molar-refractivity contribution >= 4 is 50.8 Å². The van der Waals surface area contributed by atoms with Crippen molar-refractivity contribution in [2.45, 2.75) is 6.04 Å². The summed E-state index contributed by atoms with van der Waals surface area (Å²) in [5.74, 6) is 2.77. The van der Waals surface area contributed by atoms with Gasteiger partial charge in [0.2, 0.25) is 0 Å². The van der Waals surface area contributed by atoms with Crippen LogP contribution >= 0.6 is 22.7 Å². The van der Waals surface area contributed by atoms with E-state index in [-0.39, 0.29) is 6.61 Å². The average Bonchev–Trinajstić information content (AvgIpc) is 3.50. The Balaban J connectivity index is 1.53. The third kappa shape index (κ3) is 5.28. The van der Waals surface area contributed by atoms with Gasteiger partial charge in [0, 0.05) is 18.0 Å². The number of amides is 3. The number of hydrogen-bond donors (Lipinski definition) is 3. The molecule has 1 atom stereocenters. The molecule has 166 valence electrons. The number of thiazole rings is 2. The van der Waals surface area contributed by atoms with Crippen LogP contribution in [-0.4, -0.2) is 35.7 Å².